The zero-order chi connectivity index (χ0) is 13.8. The SMILES string of the molecule is [B]C1=CN/C(=C(N)\C=C/C(=N)N2CCCC2)C(O)=C1. The lowest BCUT2D eigenvalue weighted by atomic mass is 9.94. The number of likely N-dealkylation sites (tertiary alicyclic amines) is 1. The van der Waals surface area contributed by atoms with Crippen LogP contribution in [0.1, 0.15) is 12.8 Å². The zero-order valence-corrected chi connectivity index (χ0v) is 10.7. The summed E-state index contributed by atoms with van der Waals surface area (Å²) < 4.78 is 0. The van der Waals surface area contributed by atoms with Crippen LogP contribution in [-0.4, -0.2) is 36.8 Å². The Hall–Kier alpha value is -2.11. The van der Waals surface area contributed by atoms with E-state index in [0.29, 0.717) is 22.7 Å². The van der Waals surface area contributed by atoms with Gasteiger partial charge in [0.15, 0.2) is 0 Å². The molecule has 0 spiro atoms. The van der Waals surface area contributed by atoms with Gasteiger partial charge in [0.05, 0.1) is 5.70 Å². The van der Waals surface area contributed by atoms with Crippen LogP contribution in [0.3, 0.4) is 0 Å². The summed E-state index contributed by atoms with van der Waals surface area (Å²) in [7, 11) is 5.53. The third-order valence-corrected chi connectivity index (χ3v) is 3.10. The van der Waals surface area contributed by atoms with Gasteiger partial charge in [-0.3, -0.25) is 5.41 Å². The fourth-order valence-corrected chi connectivity index (χ4v) is 2.05. The molecule has 6 heteroatoms. The van der Waals surface area contributed by atoms with Crippen molar-refractivity contribution in [3.63, 3.8) is 0 Å². The number of aliphatic hydroxyl groups excluding tert-OH is 1. The van der Waals surface area contributed by atoms with Gasteiger partial charge in [0, 0.05) is 13.1 Å². The van der Waals surface area contributed by atoms with Crippen molar-refractivity contribution in [2.24, 2.45) is 5.73 Å². The second-order valence-corrected chi connectivity index (χ2v) is 4.56. The first kappa shape index (κ1) is 13.3. The Labute approximate surface area is 114 Å². The smallest absolute Gasteiger partial charge is 0.140 e. The Morgan fingerprint density at radius 3 is 2.74 bits per heavy atom. The average Bonchev–Trinajstić information content (AvgIpc) is 2.89. The molecule has 1 fully saturated rings. The predicted octanol–water partition coefficient (Wildman–Crippen LogP) is 0.841. The minimum Gasteiger partial charge on any atom is -0.506 e. The Morgan fingerprint density at radius 1 is 1.42 bits per heavy atom. The first-order chi connectivity index (χ1) is 9.08. The molecule has 0 aromatic rings. The van der Waals surface area contributed by atoms with Crippen molar-refractivity contribution < 1.29 is 5.11 Å². The maximum atomic E-state index is 9.73. The summed E-state index contributed by atoms with van der Waals surface area (Å²) in [6, 6.07) is 0. The van der Waals surface area contributed by atoms with E-state index in [1.807, 2.05) is 4.90 Å². The maximum Gasteiger partial charge on any atom is 0.140 e. The van der Waals surface area contributed by atoms with Crippen LogP contribution in [0.25, 0.3) is 0 Å². The number of hydrogen-bond acceptors (Lipinski definition) is 4. The fraction of sp³-hybridized carbons (Fsp3) is 0.308. The summed E-state index contributed by atoms with van der Waals surface area (Å²) in [6.45, 7) is 1.84. The molecule has 2 rings (SSSR count). The molecule has 5 N–H and O–H groups in total. The Bertz CT molecular complexity index is 499. The molecule has 1 saturated heterocycles. The number of hydrogen-bond donors (Lipinski definition) is 4. The Kier molecular flexibility index (Phi) is 3.99. The highest BCUT2D eigenvalue weighted by Gasteiger charge is 2.13. The molecule has 19 heavy (non-hydrogen) atoms. The van der Waals surface area contributed by atoms with Crippen LogP contribution in [0.5, 0.6) is 0 Å². The molecule has 0 aromatic carbocycles. The van der Waals surface area contributed by atoms with Crippen LogP contribution in [-0.2, 0) is 0 Å². The largest absolute Gasteiger partial charge is 0.506 e. The summed E-state index contributed by atoms with van der Waals surface area (Å²) in [5.74, 6) is 0.435. The van der Waals surface area contributed by atoms with E-state index >= 15 is 0 Å². The van der Waals surface area contributed by atoms with Gasteiger partial charge in [0.1, 0.15) is 25.1 Å². The van der Waals surface area contributed by atoms with Gasteiger partial charge >= 0.3 is 0 Å². The highest BCUT2D eigenvalue weighted by atomic mass is 16.3. The molecule has 2 aliphatic heterocycles. The van der Waals surface area contributed by atoms with Gasteiger partial charge in [-0.25, -0.2) is 0 Å². The lowest BCUT2D eigenvalue weighted by molar-refractivity contribution is 0.414. The van der Waals surface area contributed by atoms with Gasteiger partial charge in [-0.2, -0.15) is 0 Å². The number of allylic oxidation sites excluding steroid dienone is 3. The fourth-order valence-electron chi connectivity index (χ4n) is 2.05. The van der Waals surface area contributed by atoms with Gasteiger partial charge in [0.25, 0.3) is 0 Å². The van der Waals surface area contributed by atoms with Crippen LogP contribution in [0.15, 0.2) is 47.1 Å². The number of rotatable bonds is 2. The number of amidine groups is 1. The summed E-state index contributed by atoms with van der Waals surface area (Å²) in [5.41, 5.74) is 7.07. The van der Waals surface area contributed by atoms with E-state index in [4.69, 9.17) is 19.0 Å². The lowest BCUT2D eigenvalue weighted by Crippen LogP contribution is -2.25. The zero-order valence-electron chi connectivity index (χ0n) is 10.7. The molecule has 0 bridgehead atoms. The molecule has 0 atom stereocenters. The molecule has 0 aliphatic carbocycles. The topological polar surface area (TPSA) is 85.4 Å². The molecule has 98 valence electrons. The minimum absolute atomic E-state index is 0.00477. The standard InChI is InChI=1S/C13H17BN4O/c14-9-7-11(19)13(17-8-9)10(15)3-4-12(16)18-5-1-2-6-18/h3-4,7-8,16-17,19H,1-2,5-6,15H2/b4-3-,13-10+,16-12?. The number of aliphatic hydroxyl groups is 1. The van der Waals surface area contributed by atoms with E-state index in [0.717, 1.165) is 25.9 Å². The van der Waals surface area contributed by atoms with E-state index < -0.39 is 0 Å². The van der Waals surface area contributed by atoms with Crippen molar-refractivity contribution in [2.75, 3.05) is 13.1 Å². The van der Waals surface area contributed by atoms with E-state index in [-0.39, 0.29) is 5.76 Å². The number of nitrogens with zero attached hydrogens (tertiary/aromatic N) is 1. The van der Waals surface area contributed by atoms with E-state index in [1.165, 1.54) is 6.08 Å². The molecule has 2 radical (unpaired) electrons. The van der Waals surface area contributed by atoms with Crippen molar-refractivity contribution in [3.05, 3.63) is 47.1 Å². The molecular formula is C13H17BN4O. The number of nitrogens with one attached hydrogen (secondary N) is 2. The van der Waals surface area contributed by atoms with Crippen LogP contribution < -0.4 is 11.1 Å². The van der Waals surface area contributed by atoms with Gasteiger partial charge in [0.2, 0.25) is 0 Å². The van der Waals surface area contributed by atoms with Gasteiger partial charge in [-0.05, 0) is 37.3 Å². The van der Waals surface area contributed by atoms with Crippen molar-refractivity contribution >= 4 is 13.7 Å². The predicted molar refractivity (Wildman–Crippen MR) is 76.6 cm³/mol. The van der Waals surface area contributed by atoms with Crippen LogP contribution >= 0.6 is 0 Å². The second kappa shape index (κ2) is 5.69. The number of dihydropyridines is 1. The third-order valence-electron chi connectivity index (χ3n) is 3.10. The van der Waals surface area contributed by atoms with E-state index in [2.05, 4.69) is 5.32 Å². The highest BCUT2D eigenvalue weighted by Crippen LogP contribution is 2.14. The normalized spacial score (nSPS) is 22.0. The van der Waals surface area contributed by atoms with Crippen LogP contribution in [0.2, 0.25) is 0 Å². The molecule has 0 aromatic heterocycles. The highest BCUT2D eigenvalue weighted by molar-refractivity contribution is 6.23. The van der Waals surface area contributed by atoms with E-state index in [9.17, 15) is 5.11 Å². The Morgan fingerprint density at radius 2 is 2.11 bits per heavy atom. The van der Waals surface area contributed by atoms with E-state index in [1.54, 1.807) is 18.4 Å². The van der Waals surface area contributed by atoms with Crippen LogP contribution in [0, 0.1) is 5.41 Å². The summed E-state index contributed by atoms with van der Waals surface area (Å²) in [4.78, 5) is 2.00. The van der Waals surface area contributed by atoms with Gasteiger partial charge < -0.3 is 21.1 Å². The molecule has 2 aliphatic rings. The molecule has 0 amide bonds. The molecular weight excluding hydrogens is 239 g/mol. The number of nitrogens with two attached hydrogens (primary N) is 1. The molecule has 0 unspecified atom stereocenters. The molecule has 5 nitrogen and oxygen atoms in total. The average molecular weight is 256 g/mol. The monoisotopic (exact) mass is 256 g/mol. The summed E-state index contributed by atoms with van der Waals surface area (Å²) >= 11 is 0. The maximum absolute atomic E-state index is 9.73. The molecule has 0 saturated carbocycles. The third kappa shape index (κ3) is 3.22. The van der Waals surface area contributed by atoms with Crippen LogP contribution in [0.4, 0.5) is 0 Å². The lowest BCUT2D eigenvalue weighted by Gasteiger charge is -2.16. The summed E-state index contributed by atoms with van der Waals surface area (Å²) in [5, 5.41) is 20.5. The minimum atomic E-state index is -0.00477. The Balaban J connectivity index is 2.06. The first-order valence-corrected chi connectivity index (χ1v) is 6.22. The quantitative estimate of drug-likeness (QED) is 0.335. The van der Waals surface area contributed by atoms with Gasteiger partial charge in [-0.15, -0.1) is 0 Å². The van der Waals surface area contributed by atoms with Gasteiger partial charge in [-0.1, -0.05) is 5.47 Å². The summed E-state index contributed by atoms with van der Waals surface area (Å²) in [6.07, 6.45) is 8.50. The van der Waals surface area contributed by atoms with Crippen molar-refractivity contribution in [3.8, 4) is 0 Å². The van der Waals surface area contributed by atoms with Crippen molar-refractivity contribution in [1.82, 2.24) is 10.2 Å². The first-order valence-electron chi connectivity index (χ1n) is 6.22. The van der Waals surface area contributed by atoms with Crippen molar-refractivity contribution in [1.29, 1.82) is 5.41 Å². The molecule has 2 heterocycles. The van der Waals surface area contributed by atoms with Crippen molar-refractivity contribution in [2.45, 2.75) is 12.8 Å². The second-order valence-electron chi connectivity index (χ2n) is 4.56.